The van der Waals surface area contributed by atoms with Crippen LogP contribution in [0.2, 0.25) is 0 Å². The van der Waals surface area contributed by atoms with Crippen molar-refractivity contribution in [3.05, 3.63) is 78.1 Å². The molecule has 1 aliphatic rings. The van der Waals surface area contributed by atoms with Gasteiger partial charge in [-0.1, -0.05) is 62.4 Å². The Morgan fingerprint density at radius 1 is 1.04 bits per heavy atom. The van der Waals surface area contributed by atoms with Crippen LogP contribution in [0.15, 0.2) is 77.4 Å². The number of benzene rings is 2. The second kappa shape index (κ2) is 8.72. The molecule has 0 radical (unpaired) electrons. The molecule has 1 heterocycles. The smallest absolute Gasteiger partial charge is 0.200 e. The van der Waals surface area contributed by atoms with Gasteiger partial charge in [0.15, 0.2) is 16.1 Å². The lowest BCUT2D eigenvalue weighted by molar-refractivity contribution is -0.134. The van der Waals surface area contributed by atoms with Gasteiger partial charge in [0.2, 0.25) is 0 Å². The topological polar surface area (TPSA) is 52.6 Å². The van der Waals surface area contributed by atoms with Crippen LogP contribution in [0, 0.1) is 5.92 Å². The fraction of sp³-hybridized carbons (Fsp3) is 0.364. The van der Waals surface area contributed by atoms with Crippen molar-refractivity contribution in [2.24, 2.45) is 5.92 Å². The average Bonchev–Trinajstić information content (AvgIpc) is 2.67. The van der Waals surface area contributed by atoms with Crippen LogP contribution in [0.3, 0.4) is 0 Å². The predicted octanol–water partition coefficient (Wildman–Crippen LogP) is 4.55. The molecule has 0 amide bonds. The molecular weight excluding hydrogens is 360 g/mol. The lowest BCUT2D eigenvalue weighted by Gasteiger charge is -2.30. The highest BCUT2D eigenvalue weighted by Crippen LogP contribution is 2.32. The highest BCUT2D eigenvalue weighted by atomic mass is 32.2. The third kappa shape index (κ3) is 5.44. The second-order valence-electron chi connectivity index (χ2n) is 7.23. The van der Waals surface area contributed by atoms with Gasteiger partial charge < -0.3 is 9.47 Å². The summed E-state index contributed by atoms with van der Waals surface area (Å²) in [6, 6.07) is 18.5. The summed E-state index contributed by atoms with van der Waals surface area (Å²) < 4.78 is 37.3. The summed E-state index contributed by atoms with van der Waals surface area (Å²) in [5, 5.41) is 0. The van der Waals surface area contributed by atoms with Crippen LogP contribution in [0.4, 0.5) is 0 Å². The fourth-order valence-corrected chi connectivity index (χ4v) is 4.35. The van der Waals surface area contributed by atoms with E-state index in [0.29, 0.717) is 29.6 Å². The monoisotopic (exact) mass is 386 g/mol. The van der Waals surface area contributed by atoms with Gasteiger partial charge in [0.1, 0.15) is 11.5 Å². The molecule has 0 fully saturated rings. The Hall–Kier alpha value is -2.11. The Bertz CT molecular complexity index is 858. The van der Waals surface area contributed by atoms with Crippen molar-refractivity contribution >= 4 is 9.84 Å². The Kier molecular flexibility index (Phi) is 6.34. The van der Waals surface area contributed by atoms with Gasteiger partial charge in [0.05, 0.1) is 11.5 Å². The Balaban J connectivity index is 1.83. The molecule has 0 saturated carbocycles. The van der Waals surface area contributed by atoms with E-state index in [2.05, 4.69) is 26.0 Å². The Morgan fingerprint density at radius 2 is 1.67 bits per heavy atom. The molecule has 2 atom stereocenters. The lowest BCUT2D eigenvalue weighted by Crippen LogP contribution is -2.28. The molecule has 0 aliphatic carbocycles. The largest absolute Gasteiger partial charge is 0.468 e. The summed E-state index contributed by atoms with van der Waals surface area (Å²) in [5.74, 6) is 0.735. The predicted molar refractivity (Wildman–Crippen MR) is 106 cm³/mol. The van der Waals surface area contributed by atoms with Gasteiger partial charge in [-0.05, 0) is 29.7 Å². The van der Waals surface area contributed by atoms with Crippen molar-refractivity contribution in [1.29, 1.82) is 0 Å². The van der Waals surface area contributed by atoms with Crippen molar-refractivity contribution in [3.8, 4) is 0 Å². The molecule has 5 heteroatoms. The first kappa shape index (κ1) is 19.6. The summed E-state index contributed by atoms with van der Waals surface area (Å²) in [4.78, 5) is 0.302. The normalized spacial score (nSPS) is 20.2. The minimum absolute atomic E-state index is 0.0677. The standard InChI is InChI=1S/C22H26O4S/c1-17(2)15-25-22-14-19(18-9-5-3-6-10-18)13-20(26-22)16-27(23,24)21-11-7-4-8-12-21/h3-13,17,19,22H,14-16H2,1-2H3/t19-,22+/m1/s1. The molecule has 0 saturated heterocycles. The van der Waals surface area contributed by atoms with Crippen LogP contribution in [-0.4, -0.2) is 27.1 Å². The maximum absolute atomic E-state index is 12.8. The van der Waals surface area contributed by atoms with Crippen LogP contribution in [0.5, 0.6) is 0 Å². The zero-order valence-electron chi connectivity index (χ0n) is 15.7. The maximum atomic E-state index is 12.8. The van der Waals surface area contributed by atoms with Gasteiger partial charge in [0.25, 0.3) is 0 Å². The van der Waals surface area contributed by atoms with Gasteiger partial charge in [-0.15, -0.1) is 0 Å². The van der Waals surface area contributed by atoms with Crippen LogP contribution in [0.25, 0.3) is 0 Å². The number of hydrogen-bond acceptors (Lipinski definition) is 4. The van der Waals surface area contributed by atoms with E-state index in [1.54, 1.807) is 30.3 Å². The first-order valence-electron chi connectivity index (χ1n) is 9.26. The minimum atomic E-state index is -3.47. The van der Waals surface area contributed by atoms with E-state index in [4.69, 9.17) is 9.47 Å². The molecule has 0 unspecified atom stereocenters. The fourth-order valence-electron chi connectivity index (χ4n) is 3.07. The number of rotatable bonds is 7. The lowest BCUT2D eigenvalue weighted by atomic mass is 9.93. The average molecular weight is 387 g/mol. The number of sulfone groups is 1. The molecule has 2 aromatic rings. The van der Waals surface area contributed by atoms with E-state index in [-0.39, 0.29) is 11.7 Å². The van der Waals surface area contributed by atoms with Crippen molar-refractivity contribution < 1.29 is 17.9 Å². The SMILES string of the molecule is CC(C)CO[C@@H]1C[C@H](c2ccccc2)C=C(CS(=O)(=O)c2ccccc2)O1. The van der Waals surface area contributed by atoms with E-state index in [0.717, 1.165) is 5.56 Å². The van der Waals surface area contributed by atoms with Gasteiger partial charge in [0, 0.05) is 12.3 Å². The van der Waals surface area contributed by atoms with Gasteiger partial charge >= 0.3 is 0 Å². The van der Waals surface area contributed by atoms with Gasteiger partial charge in [-0.25, -0.2) is 8.42 Å². The van der Waals surface area contributed by atoms with Crippen LogP contribution in [0.1, 0.15) is 31.7 Å². The zero-order chi connectivity index (χ0) is 19.3. The molecule has 2 aromatic carbocycles. The number of allylic oxidation sites excluding steroid dienone is 1. The van der Waals surface area contributed by atoms with Crippen LogP contribution >= 0.6 is 0 Å². The molecule has 27 heavy (non-hydrogen) atoms. The number of hydrogen-bond donors (Lipinski definition) is 0. The highest BCUT2D eigenvalue weighted by molar-refractivity contribution is 7.91. The molecule has 4 nitrogen and oxygen atoms in total. The minimum Gasteiger partial charge on any atom is -0.468 e. The summed E-state index contributed by atoms with van der Waals surface area (Å²) in [5.41, 5.74) is 1.13. The van der Waals surface area contributed by atoms with Crippen molar-refractivity contribution in [2.45, 2.75) is 37.4 Å². The molecule has 0 spiro atoms. The van der Waals surface area contributed by atoms with Crippen molar-refractivity contribution in [1.82, 2.24) is 0 Å². The van der Waals surface area contributed by atoms with E-state index in [9.17, 15) is 8.42 Å². The van der Waals surface area contributed by atoms with Crippen LogP contribution < -0.4 is 0 Å². The van der Waals surface area contributed by atoms with Gasteiger partial charge in [-0.3, -0.25) is 0 Å². The quantitative estimate of drug-likeness (QED) is 0.701. The maximum Gasteiger partial charge on any atom is 0.200 e. The molecular formula is C22H26O4S. The zero-order valence-corrected chi connectivity index (χ0v) is 16.6. The first-order chi connectivity index (χ1) is 12.9. The number of ether oxygens (including phenoxy) is 2. The summed E-state index contributed by atoms with van der Waals surface area (Å²) in [6.45, 7) is 4.73. The molecule has 144 valence electrons. The van der Waals surface area contributed by atoms with E-state index < -0.39 is 16.1 Å². The highest BCUT2D eigenvalue weighted by Gasteiger charge is 2.28. The summed E-state index contributed by atoms with van der Waals surface area (Å²) >= 11 is 0. The van der Waals surface area contributed by atoms with Crippen LogP contribution in [-0.2, 0) is 19.3 Å². The molecule has 1 aliphatic heterocycles. The molecule has 0 N–H and O–H groups in total. The molecule has 3 rings (SSSR count). The van der Waals surface area contributed by atoms with Gasteiger partial charge in [-0.2, -0.15) is 0 Å². The first-order valence-corrected chi connectivity index (χ1v) is 10.9. The summed E-state index contributed by atoms with van der Waals surface area (Å²) in [7, 11) is -3.47. The van der Waals surface area contributed by atoms with E-state index >= 15 is 0 Å². The Morgan fingerprint density at radius 3 is 2.30 bits per heavy atom. The van der Waals surface area contributed by atoms with Crippen molar-refractivity contribution in [3.63, 3.8) is 0 Å². The third-order valence-electron chi connectivity index (χ3n) is 4.39. The molecule has 0 aromatic heterocycles. The van der Waals surface area contributed by atoms with E-state index in [1.807, 2.05) is 24.3 Å². The molecule has 0 bridgehead atoms. The van der Waals surface area contributed by atoms with E-state index in [1.165, 1.54) is 0 Å². The second-order valence-corrected chi connectivity index (χ2v) is 9.22. The van der Waals surface area contributed by atoms with Crippen molar-refractivity contribution in [2.75, 3.05) is 12.4 Å². The Labute approximate surface area is 161 Å². The summed E-state index contributed by atoms with van der Waals surface area (Å²) in [6.07, 6.45) is 2.15. The third-order valence-corrected chi connectivity index (χ3v) is 6.05.